The number of methoxy groups -OCH3 is 1. The minimum absolute atomic E-state index is 0.106. The summed E-state index contributed by atoms with van der Waals surface area (Å²) in [5, 5.41) is 18.1. The fourth-order valence-electron chi connectivity index (χ4n) is 9.31. The third-order valence-corrected chi connectivity index (χ3v) is 13.4. The Balaban J connectivity index is 0.000000162. The van der Waals surface area contributed by atoms with Gasteiger partial charge in [-0.3, -0.25) is 31.7 Å². The molecule has 63 heavy (non-hydrogen) atoms. The molecule has 3 aromatic carbocycles. The molecule has 3 aliphatic carbocycles. The second-order valence-corrected chi connectivity index (χ2v) is 16.9. The first-order chi connectivity index (χ1) is 30.6. The molecule has 12 nitrogen and oxygen atoms in total. The standard InChI is InChI=1S/C18H22FN3.C11H13FN2O.C11H11FO2.C8H15NO.H4N2/c19-15-9-5-4-8-14(15)18(11-7-12-18)17-21-20-16-10-3-1-2-6-13-22(16)17;12-9-5-2-1-4-8(9)11(6-3-7-11)10(15)14-13;12-9-5-2-1-4-8(9)11(10(13)14)6-3-7-11;1-10-8-6-4-2-3-5-7-9-8;1-2/h4-5,8-9H,1-3,6-7,10-13H2;1-2,4-5H,3,6-7,13H2,(H,14,15);1-2,4-5H,3,6-7H2,(H,13,14);2-7H2,1H3;1-2H2. The number of aromatic nitrogens is 3. The van der Waals surface area contributed by atoms with E-state index in [-0.39, 0.29) is 23.0 Å². The van der Waals surface area contributed by atoms with Crippen LogP contribution >= 0.6 is 0 Å². The van der Waals surface area contributed by atoms with Crippen molar-refractivity contribution in [3.8, 4) is 0 Å². The number of nitrogens with zero attached hydrogens (tertiary/aromatic N) is 4. The van der Waals surface area contributed by atoms with E-state index in [1.807, 2.05) is 12.1 Å². The van der Waals surface area contributed by atoms with Gasteiger partial charge >= 0.3 is 5.97 Å². The molecule has 342 valence electrons. The van der Waals surface area contributed by atoms with Gasteiger partial charge < -0.3 is 14.4 Å². The molecule has 3 heterocycles. The zero-order valence-corrected chi connectivity index (χ0v) is 36.6. The predicted octanol–water partition coefficient (Wildman–Crippen LogP) is 8.39. The number of aliphatic carboxylic acids is 1. The van der Waals surface area contributed by atoms with Gasteiger partial charge in [-0.1, -0.05) is 99.5 Å². The van der Waals surface area contributed by atoms with E-state index in [9.17, 15) is 22.8 Å². The summed E-state index contributed by atoms with van der Waals surface area (Å²) in [6, 6.07) is 19.7. The van der Waals surface area contributed by atoms with Crippen molar-refractivity contribution >= 4 is 17.8 Å². The largest absolute Gasteiger partial charge is 0.484 e. The molecule has 2 aliphatic heterocycles. The number of nitrogens with two attached hydrogens (primary N) is 3. The number of fused-ring (bicyclic) bond motifs is 1. The van der Waals surface area contributed by atoms with Crippen LogP contribution in [0.2, 0.25) is 0 Å². The number of carboxylic acids is 1. The summed E-state index contributed by atoms with van der Waals surface area (Å²) in [7, 11) is 1.71. The van der Waals surface area contributed by atoms with Crippen molar-refractivity contribution in [2.75, 3.05) is 13.7 Å². The number of ether oxygens (including phenoxy) is 1. The van der Waals surface area contributed by atoms with Crippen LogP contribution in [0, 0.1) is 17.5 Å². The van der Waals surface area contributed by atoms with Crippen molar-refractivity contribution < 1.29 is 32.6 Å². The number of carboxylic acid groups (broad SMARTS) is 1. The molecule has 0 bridgehead atoms. The van der Waals surface area contributed by atoms with Crippen molar-refractivity contribution in [3.05, 3.63) is 119 Å². The number of hydrogen-bond acceptors (Lipinski definition) is 9. The highest BCUT2D eigenvalue weighted by Crippen LogP contribution is 2.50. The summed E-state index contributed by atoms with van der Waals surface area (Å²) in [5.41, 5.74) is 1.78. The average Bonchev–Trinajstić information content (AvgIpc) is 3.61. The van der Waals surface area contributed by atoms with Crippen LogP contribution in [0.25, 0.3) is 0 Å². The monoisotopic (exact) mass is 875 g/mol. The SMILES string of the molecule is COC1=NCCCCCC1.Fc1ccccc1C1(c2nnc3n2CCCCCC3)CCC1.NN.NNC(=O)C1(c2ccccc2F)CCC1.O=C(O)C1(c2ccccc2F)CCC1. The number of amides is 1. The van der Waals surface area contributed by atoms with Crippen LogP contribution in [0.3, 0.4) is 0 Å². The Hall–Kier alpha value is -5.12. The third kappa shape index (κ3) is 11.2. The zero-order valence-electron chi connectivity index (χ0n) is 36.6. The second-order valence-electron chi connectivity index (χ2n) is 16.9. The van der Waals surface area contributed by atoms with E-state index in [0.29, 0.717) is 36.8 Å². The van der Waals surface area contributed by atoms with Gasteiger partial charge in [0.2, 0.25) is 5.91 Å². The summed E-state index contributed by atoms with van der Waals surface area (Å²) in [4.78, 5) is 27.1. The molecule has 15 heteroatoms. The Kier molecular flexibility index (Phi) is 18.3. The number of aryl methyl sites for hydroxylation is 1. The van der Waals surface area contributed by atoms with Gasteiger partial charge in [0, 0.05) is 42.6 Å². The molecule has 1 amide bonds. The van der Waals surface area contributed by atoms with Crippen LogP contribution < -0.4 is 23.0 Å². The number of carbonyl (C=O) groups excluding carboxylic acids is 1. The number of halogens is 3. The van der Waals surface area contributed by atoms with Crippen molar-refractivity contribution in [1.82, 2.24) is 20.2 Å². The molecule has 0 unspecified atom stereocenters. The number of aliphatic imine (C=N–C) groups is 1. The number of nitrogens with one attached hydrogen (secondary N) is 1. The highest BCUT2D eigenvalue weighted by Gasteiger charge is 2.49. The third-order valence-electron chi connectivity index (χ3n) is 13.4. The van der Waals surface area contributed by atoms with Crippen molar-refractivity contribution in [2.45, 2.75) is 145 Å². The van der Waals surface area contributed by atoms with Gasteiger partial charge in [0.15, 0.2) is 5.90 Å². The van der Waals surface area contributed by atoms with E-state index in [0.717, 1.165) is 81.1 Å². The molecule has 9 rings (SSSR count). The Morgan fingerprint density at radius 1 is 0.651 bits per heavy atom. The topological polar surface area (TPSA) is 197 Å². The Bertz CT molecular complexity index is 2120. The lowest BCUT2D eigenvalue weighted by Gasteiger charge is -2.41. The zero-order chi connectivity index (χ0) is 45.3. The minimum Gasteiger partial charge on any atom is -0.484 e. The molecule has 8 N–H and O–H groups in total. The molecular formula is C48H65F3N8O4. The lowest BCUT2D eigenvalue weighted by Crippen LogP contribution is -2.51. The lowest BCUT2D eigenvalue weighted by molar-refractivity contribution is -0.147. The molecule has 3 fully saturated rings. The Morgan fingerprint density at radius 2 is 1.14 bits per heavy atom. The molecule has 0 saturated heterocycles. The fraction of sp³-hybridized carbons (Fsp3) is 0.521. The highest BCUT2D eigenvalue weighted by molar-refractivity contribution is 5.88. The van der Waals surface area contributed by atoms with E-state index < -0.39 is 22.6 Å². The minimum atomic E-state index is -0.953. The van der Waals surface area contributed by atoms with Gasteiger partial charge in [-0.15, -0.1) is 10.2 Å². The quantitative estimate of drug-likeness (QED) is 0.0718. The Morgan fingerprint density at radius 3 is 1.62 bits per heavy atom. The van der Waals surface area contributed by atoms with E-state index in [1.54, 1.807) is 55.6 Å². The number of hydrogen-bond donors (Lipinski definition) is 5. The molecule has 0 atom stereocenters. The van der Waals surface area contributed by atoms with Crippen LogP contribution in [-0.2, 0) is 43.5 Å². The highest BCUT2D eigenvalue weighted by atomic mass is 19.1. The van der Waals surface area contributed by atoms with Gasteiger partial charge in [0.05, 0.1) is 23.4 Å². The second kappa shape index (κ2) is 23.5. The first kappa shape index (κ1) is 48.9. The normalized spacial score (nSPS) is 19.0. The fourth-order valence-corrected chi connectivity index (χ4v) is 9.31. The molecule has 4 aromatic rings. The first-order valence-electron chi connectivity index (χ1n) is 22.4. The van der Waals surface area contributed by atoms with Crippen LogP contribution in [-0.4, -0.2) is 51.3 Å². The number of rotatable bonds is 6. The van der Waals surface area contributed by atoms with Gasteiger partial charge in [0.25, 0.3) is 0 Å². The summed E-state index contributed by atoms with van der Waals surface area (Å²) in [6.07, 6.45) is 19.4. The number of carbonyl (C=O) groups is 2. The molecule has 1 aromatic heterocycles. The molecule has 0 radical (unpaired) electrons. The van der Waals surface area contributed by atoms with E-state index >= 15 is 0 Å². The van der Waals surface area contributed by atoms with Crippen molar-refractivity contribution in [1.29, 1.82) is 0 Å². The molecule has 5 aliphatic rings. The summed E-state index contributed by atoms with van der Waals surface area (Å²) in [5.74, 6) is 14.1. The van der Waals surface area contributed by atoms with E-state index in [4.69, 9.17) is 15.7 Å². The van der Waals surface area contributed by atoms with Crippen LogP contribution in [0.15, 0.2) is 77.8 Å². The molecular weight excluding hydrogens is 810 g/mol. The maximum absolute atomic E-state index is 14.4. The van der Waals surface area contributed by atoms with Crippen LogP contribution in [0.4, 0.5) is 13.2 Å². The average molecular weight is 875 g/mol. The predicted molar refractivity (Wildman–Crippen MR) is 238 cm³/mol. The summed E-state index contributed by atoms with van der Waals surface area (Å²) < 4.78 is 48.8. The lowest BCUT2D eigenvalue weighted by atomic mass is 9.63. The molecule has 3 saturated carbocycles. The first-order valence-corrected chi connectivity index (χ1v) is 22.4. The van der Waals surface area contributed by atoms with Crippen molar-refractivity contribution in [3.63, 3.8) is 0 Å². The van der Waals surface area contributed by atoms with E-state index in [2.05, 4.69) is 36.9 Å². The van der Waals surface area contributed by atoms with Gasteiger partial charge in [-0.25, -0.2) is 19.0 Å². The van der Waals surface area contributed by atoms with Crippen LogP contribution in [0.5, 0.6) is 0 Å². The van der Waals surface area contributed by atoms with Crippen molar-refractivity contribution in [2.24, 2.45) is 22.5 Å². The number of hydrazine groups is 2. The van der Waals surface area contributed by atoms with Gasteiger partial charge in [-0.05, 0) is 82.4 Å². The maximum atomic E-state index is 14.4. The summed E-state index contributed by atoms with van der Waals surface area (Å²) in [6.45, 7) is 1.94. The van der Waals surface area contributed by atoms with E-state index in [1.165, 1.54) is 63.5 Å². The Labute approximate surface area is 369 Å². The van der Waals surface area contributed by atoms with Gasteiger partial charge in [0.1, 0.15) is 29.1 Å². The smallest absolute Gasteiger partial charge is 0.314 e. The number of benzene rings is 3. The molecule has 0 spiro atoms. The summed E-state index contributed by atoms with van der Waals surface area (Å²) >= 11 is 0. The van der Waals surface area contributed by atoms with Gasteiger partial charge in [-0.2, -0.15) is 0 Å². The van der Waals surface area contributed by atoms with Crippen LogP contribution in [0.1, 0.15) is 144 Å². The maximum Gasteiger partial charge on any atom is 0.314 e.